The molecule has 172 valence electrons. The van der Waals surface area contributed by atoms with Crippen molar-refractivity contribution in [2.45, 2.75) is 70.1 Å². The number of benzene rings is 2. The van der Waals surface area contributed by atoms with Gasteiger partial charge in [0.05, 0.1) is 17.1 Å². The third kappa shape index (κ3) is 4.80. The van der Waals surface area contributed by atoms with Crippen LogP contribution in [-0.2, 0) is 20.5 Å². The number of carboxylic acid groups (broad SMARTS) is 1. The van der Waals surface area contributed by atoms with Crippen LogP contribution in [0.3, 0.4) is 0 Å². The lowest BCUT2D eigenvalue weighted by Gasteiger charge is -2.45. The third-order valence-corrected chi connectivity index (χ3v) is 6.41. The van der Waals surface area contributed by atoms with Gasteiger partial charge in [0.1, 0.15) is 5.60 Å². The molecule has 1 amide bonds. The highest BCUT2D eigenvalue weighted by Gasteiger charge is 2.46. The van der Waals surface area contributed by atoms with Gasteiger partial charge >= 0.3 is 12.1 Å². The fourth-order valence-corrected chi connectivity index (χ4v) is 4.37. The smallest absolute Gasteiger partial charge is 0.411 e. The lowest BCUT2D eigenvalue weighted by molar-refractivity contribution is -0.142. The largest absolute Gasteiger partial charge is 0.481 e. The van der Waals surface area contributed by atoms with E-state index in [0.717, 1.165) is 11.1 Å². The first-order valence-corrected chi connectivity index (χ1v) is 11.0. The van der Waals surface area contributed by atoms with E-state index >= 15 is 0 Å². The summed E-state index contributed by atoms with van der Waals surface area (Å²) in [6.07, 6.45) is 0.435. The van der Waals surface area contributed by atoms with E-state index in [1.165, 1.54) is 0 Å². The van der Waals surface area contributed by atoms with Crippen LogP contribution in [0.25, 0.3) is 0 Å². The van der Waals surface area contributed by atoms with Crippen molar-refractivity contribution in [2.24, 2.45) is 0 Å². The maximum absolute atomic E-state index is 13.1. The molecule has 0 spiro atoms. The van der Waals surface area contributed by atoms with Gasteiger partial charge in [-0.1, -0.05) is 54.6 Å². The molecule has 2 N–H and O–H groups in total. The molecule has 6 nitrogen and oxygen atoms in total. The van der Waals surface area contributed by atoms with Crippen LogP contribution in [0.15, 0.2) is 54.6 Å². The van der Waals surface area contributed by atoms with Crippen LogP contribution in [0.5, 0.6) is 0 Å². The van der Waals surface area contributed by atoms with E-state index in [0.29, 0.717) is 24.9 Å². The summed E-state index contributed by atoms with van der Waals surface area (Å²) in [6, 6.07) is 16.7. The summed E-state index contributed by atoms with van der Waals surface area (Å²) in [7, 11) is 0. The number of aliphatic hydroxyl groups is 1. The van der Waals surface area contributed by atoms with Crippen LogP contribution in [0, 0.1) is 0 Å². The van der Waals surface area contributed by atoms with Crippen molar-refractivity contribution in [3.05, 3.63) is 71.3 Å². The molecule has 0 unspecified atom stereocenters. The average Bonchev–Trinajstić information content (AvgIpc) is 2.73. The van der Waals surface area contributed by atoms with Gasteiger partial charge in [-0.3, -0.25) is 4.79 Å². The molecule has 0 radical (unpaired) electrons. The number of amides is 1. The number of rotatable bonds is 7. The molecule has 0 bridgehead atoms. The molecule has 1 fully saturated rings. The van der Waals surface area contributed by atoms with E-state index in [9.17, 15) is 19.8 Å². The van der Waals surface area contributed by atoms with Gasteiger partial charge in [0.25, 0.3) is 0 Å². The van der Waals surface area contributed by atoms with Gasteiger partial charge in [-0.25, -0.2) is 4.79 Å². The Bertz CT molecular complexity index is 962. The SMILES string of the molecule is C[C@@H](c1ccc(C(C)(C)C(=O)O)cc1)N1CC[C@](CC(C)(C)O)(c2ccccc2)OC1=O. The minimum absolute atomic E-state index is 0.236. The van der Waals surface area contributed by atoms with Crippen molar-refractivity contribution in [1.29, 1.82) is 0 Å². The van der Waals surface area contributed by atoms with Crippen LogP contribution in [-0.4, -0.2) is 39.3 Å². The molecule has 2 atom stereocenters. The summed E-state index contributed by atoms with van der Waals surface area (Å²) in [5, 5.41) is 20.0. The van der Waals surface area contributed by atoms with Gasteiger partial charge in [0, 0.05) is 19.4 Å². The molecule has 6 heteroatoms. The predicted octanol–water partition coefficient (Wildman–Crippen LogP) is 5.01. The summed E-state index contributed by atoms with van der Waals surface area (Å²) in [6.45, 7) is 9.20. The molecule has 1 saturated heterocycles. The van der Waals surface area contributed by atoms with Crippen molar-refractivity contribution in [2.75, 3.05) is 6.54 Å². The molecule has 0 aromatic heterocycles. The Labute approximate surface area is 189 Å². The first-order valence-electron chi connectivity index (χ1n) is 11.0. The lowest BCUT2D eigenvalue weighted by atomic mass is 9.80. The first-order chi connectivity index (χ1) is 14.9. The number of hydrogen-bond acceptors (Lipinski definition) is 4. The number of hydrogen-bond donors (Lipinski definition) is 2. The minimum Gasteiger partial charge on any atom is -0.481 e. The number of carboxylic acids is 1. The Hall–Kier alpha value is -2.86. The van der Waals surface area contributed by atoms with Crippen molar-refractivity contribution < 1.29 is 24.5 Å². The third-order valence-electron chi connectivity index (χ3n) is 6.41. The molecule has 1 aliphatic rings. The van der Waals surface area contributed by atoms with Gasteiger partial charge in [-0.15, -0.1) is 0 Å². The van der Waals surface area contributed by atoms with E-state index in [4.69, 9.17) is 4.74 Å². The second kappa shape index (κ2) is 8.58. The Morgan fingerprint density at radius 3 is 2.19 bits per heavy atom. The van der Waals surface area contributed by atoms with Gasteiger partial charge < -0.3 is 19.8 Å². The Morgan fingerprint density at radius 1 is 1.09 bits per heavy atom. The Balaban J connectivity index is 1.82. The van der Waals surface area contributed by atoms with Crippen molar-refractivity contribution in [3.63, 3.8) is 0 Å². The molecule has 0 saturated carbocycles. The van der Waals surface area contributed by atoms with Crippen LogP contribution in [0.4, 0.5) is 4.79 Å². The number of nitrogens with zero attached hydrogens (tertiary/aromatic N) is 1. The molecule has 3 rings (SSSR count). The van der Waals surface area contributed by atoms with Crippen LogP contribution in [0.2, 0.25) is 0 Å². The Kier molecular flexibility index (Phi) is 6.38. The molecule has 2 aromatic carbocycles. The fourth-order valence-electron chi connectivity index (χ4n) is 4.37. The monoisotopic (exact) mass is 439 g/mol. The van der Waals surface area contributed by atoms with E-state index in [1.54, 1.807) is 44.7 Å². The molecule has 1 aliphatic heterocycles. The van der Waals surface area contributed by atoms with Crippen molar-refractivity contribution in [3.8, 4) is 0 Å². The number of cyclic esters (lactones) is 1. The van der Waals surface area contributed by atoms with Gasteiger partial charge in [-0.2, -0.15) is 0 Å². The predicted molar refractivity (Wildman–Crippen MR) is 122 cm³/mol. The van der Waals surface area contributed by atoms with Gasteiger partial charge in [0.2, 0.25) is 0 Å². The molecule has 1 heterocycles. The van der Waals surface area contributed by atoms with E-state index in [-0.39, 0.29) is 6.04 Å². The lowest BCUT2D eigenvalue weighted by Crippen LogP contribution is -2.51. The number of carbonyl (C=O) groups is 2. The average molecular weight is 440 g/mol. The molecular formula is C26H33NO5. The number of ether oxygens (including phenoxy) is 1. The maximum atomic E-state index is 13.1. The van der Waals surface area contributed by atoms with Gasteiger partial charge in [0.15, 0.2) is 0 Å². The summed E-state index contributed by atoms with van der Waals surface area (Å²) < 4.78 is 6.05. The number of aliphatic carboxylic acids is 1. The zero-order valence-corrected chi connectivity index (χ0v) is 19.5. The molecular weight excluding hydrogens is 406 g/mol. The summed E-state index contributed by atoms with van der Waals surface area (Å²) >= 11 is 0. The van der Waals surface area contributed by atoms with Crippen LogP contribution < -0.4 is 0 Å². The maximum Gasteiger partial charge on any atom is 0.411 e. The van der Waals surface area contributed by atoms with Crippen LogP contribution >= 0.6 is 0 Å². The van der Waals surface area contributed by atoms with E-state index < -0.39 is 28.7 Å². The van der Waals surface area contributed by atoms with Crippen molar-refractivity contribution >= 4 is 12.1 Å². The van der Waals surface area contributed by atoms with Crippen LogP contribution in [0.1, 0.15) is 70.2 Å². The normalized spacial score (nSPS) is 20.6. The molecule has 32 heavy (non-hydrogen) atoms. The van der Waals surface area contributed by atoms with Gasteiger partial charge in [-0.05, 0) is 51.3 Å². The first kappa shape index (κ1) is 23.8. The topological polar surface area (TPSA) is 87.1 Å². The summed E-state index contributed by atoms with van der Waals surface area (Å²) in [5.74, 6) is -0.887. The standard InChI is InChI=1S/C26H33NO5/c1-18(19-11-13-20(14-12-19)25(4,5)22(28)29)27-16-15-26(32-23(27)30,17-24(2,3)31)21-9-7-6-8-10-21/h6-14,18,31H,15-17H2,1-5H3,(H,28,29)/t18-,26-/m0/s1. The molecule has 2 aromatic rings. The summed E-state index contributed by atoms with van der Waals surface area (Å²) in [5.41, 5.74) is -0.392. The number of carbonyl (C=O) groups excluding carboxylic acids is 1. The molecule has 0 aliphatic carbocycles. The van der Waals surface area contributed by atoms with E-state index in [2.05, 4.69) is 0 Å². The highest BCUT2D eigenvalue weighted by molar-refractivity contribution is 5.80. The quantitative estimate of drug-likeness (QED) is 0.633. The minimum atomic E-state index is -1.00. The Morgan fingerprint density at radius 2 is 1.69 bits per heavy atom. The highest BCUT2D eigenvalue weighted by atomic mass is 16.6. The second-order valence-electron chi connectivity index (χ2n) is 9.89. The van der Waals surface area contributed by atoms with Crippen molar-refractivity contribution in [1.82, 2.24) is 4.90 Å². The van der Waals surface area contributed by atoms with E-state index in [1.807, 2.05) is 49.4 Å². The zero-order chi connectivity index (χ0) is 23.7. The highest BCUT2D eigenvalue weighted by Crippen LogP contribution is 2.42. The second-order valence-corrected chi connectivity index (χ2v) is 9.89. The zero-order valence-electron chi connectivity index (χ0n) is 19.5. The fraction of sp³-hybridized carbons (Fsp3) is 0.462. The summed E-state index contributed by atoms with van der Waals surface area (Å²) in [4.78, 5) is 26.3.